The highest BCUT2D eigenvalue weighted by Gasteiger charge is 2.46. The van der Waals surface area contributed by atoms with Gasteiger partial charge in [0.25, 0.3) is 5.56 Å². The summed E-state index contributed by atoms with van der Waals surface area (Å²) in [6.07, 6.45) is 5.56. The van der Waals surface area contributed by atoms with Crippen molar-refractivity contribution < 1.29 is 9.26 Å². The van der Waals surface area contributed by atoms with Gasteiger partial charge in [0.15, 0.2) is 0 Å². The first kappa shape index (κ1) is 18.3. The largest absolute Gasteiger partial charge is 0.371 e. The fraction of sp³-hybridized carbons (Fsp3) is 0.400. The number of hydrogen-bond acceptors (Lipinski definition) is 7. The van der Waals surface area contributed by atoms with Gasteiger partial charge in [-0.05, 0) is 31.9 Å². The quantitative estimate of drug-likeness (QED) is 0.607. The summed E-state index contributed by atoms with van der Waals surface area (Å²) in [4.78, 5) is 18.9. The molecule has 0 atom stereocenters. The SMILES string of the molecule is Cc1onc(-c2ccc(Cl)nc2)c1Cn1ncc(N2CC3(CCCO3)C2)cc1=O. The van der Waals surface area contributed by atoms with Crippen LogP contribution in [0.1, 0.15) is 24.2 Å². The Morgan fingerprint density at radius 3 is 2.83 bits per heavy atom. The Morgan fingerprint density at radius 2 is 2.14 bits per heavy atom. The molecule has 2 aliphatic heterocycles. The molecule has 0 saturated carbocycles. The Labute approximate surface area is 172 Å². The lowest BCUT2D eigenvalue weighted by atomic mass is 9.90. The minimum absolute atomic E-state index is 0.0179. The summed E-state index contributed by atoms with van der Waals surface area (Å²) < 4.78 is 12.6. The van der Waals surface area contributed by atoms with E-state index >= 15 is 0 Å². The molecule has 3 aromatic heterocycles. The molecule has 2 fully saturated rings. The van der Waals surface area contributed by atoms with Crippen LogP contribution in [0.2, 0.25) is 5.15 Å². The van der Waals surface area contributed by atoms with Crippen LogP contribution >= 0.6 is 11.6 Å². The van der Waals surface area contributed by atoms with Crippen LogP contribution in [-0.4, -0.2) is 45.2 Å². The molecular weight excluding hydrogens is 394 g/mol. The van der Waals surface area contributed by atoms with Crippen LogP contribution in [0.5, 0.6) is 0 Å². The Bertz CT molecular complexity index is 1090. The number of aryl methyl sites for hydroxylation is 1. The molecule has 2 aliphatic rings. The maximum atomic E-state index is 12.7. The van der Waals surface area contributed by atoms with Crippen molar-refractivity contribution in [1.29, 1.82) is 0 Å². The predicted molar refractivity (Wildman–Crippen MR) is 107 cm³/mol. The summed E-state index contributed by atoms with van der Waals surface area (Å²) >= 11 is 5.87. The zero-order chi connectivity index (χ0) is 20.0. The van der Waals surface area contributed by atoms with Crippen molar-refractivity contribution in [2.45, 2.75) is 31.9 Å². The maximum absolute atomic E-state index is 12.7. The van der Waals surface area contributed by atoms with Gasteiger partial charge in [-0.25, -0.2) is 9.67 Å². The molecular formula is C20H20ClN5O3. The van der Waals surface area contributed by atoms with Gasteiger partial charge >= 0.3 is 0 Å². The van der Waals surface area contributed by atoms with Gasteiger partial charge in [0.1, 0.15) is 22.2 Å². The van der Waals surface area contributed by atoms with Gasteiger partial charge in [0, 0.05) is 43.1 Å². The molecule has 1 spiro atoms. The van der Waals surface area contributed by atoms with Crippen LogP contribution in [0.25, 0.3) is 11.3 Å². The third-order valence-corrected chi connectivity index (χ3v) is 5.88. The maximum Gasteiger partial charge on any atom is 0.269 e. The molecule has 2 saturated heterocycles. The average Bonchev–Trinajstić information content (AvgIpc) is 3.31. The van der Waals surface area contributed by atoms with Gasteiger partial charge in [-0.2, -0.15) is 5.10 Å². The molecule has 0 bridgehead atoms. The first-order chi connectivity index (χ1) is 14.0. The summed E-state index contributed by atoms with van der Waals surface area (Å²) in [5.41, 5.74) is 2.84. The fourth-order valence-electron chi connectivity index (χ4n) is 4.02. The molecule has 9 heteroatoms. The van der Waals surface area contributed by atoms with E-state index in [9.17, 15) is 4.79 Å². The average molecular weight is 414 g/mol. The molecule has 0 unspecified atom stereocenters. The number of aromatic nitrogens is 4. The van der Waals surface area contributed by atoms with Gasteiger partial charge in [0.05, 0.1) is 18.4 Å². The first-order valence-corrected chi connectivity index (χ1v) is 9.94. The zero-order valence-electron chi connectivity index (χ0n) is 16.0. The van der Waals surface area contributed by atoms with Crippen LogP contribution in [0.3, 0.4) is 0 Å². The molecule has 0 aromatic carbocycles. The number of ether oxygens (including phenoxy) is 1. The van der Waals surface area contributed by atoms with Crippen molar-refractivity contribution in [3.63, 3.8) is 0 Å². The minimum Gasteiger partial charge on any atom is -0.371 e. The van der Waals surface area contributed by atoms with Gasteiger partial charge in [-0.15, -0.1) is 0 Å². The second-order valence-electron chi connectivity index (χ2n) is 7.64. The molecule has 3 aromatic rings. The highest BCUT2D eigenvalue weighted by molar-refractivity contribution is 6.29. The summed E-state index contributed by atoms with van der Waals surface area (Å²) in [6.45, 7) is 4.54. The molecule has 0 aliphatic carbocycles. The van der Waals surface area contributed by atoms with Crippen LogP contribution in [0.15, 0.2) is 39.9 Å². The number of hydrogen-bond donors (Lipinski definition) is 0. The van der Waals surface area contributed by atoms with Crippen molar-refractivity contribution in [3.8, 4) is 11.3 Å². The Balaban J connectivity index is 1.37. The topological polar surface area (TPSA) is 86.3 Å². The highest BCUT2D eigenvalue weighted by atomic mass is 35.5. The molecule has 0 amide bonds. The minimum atomic E-state index is -0.170. The number of nitrogens with zero attached hydrogens (tertiary/aromatic N) is 5. The van der Waals surface area contributed by atoms with E-state index in [1.54, 1.807) is 24.5 Å². The lowest BCUT2D eigenvalue weighted by Crippen LogP contribution is -2.61. The molecule has 0 radical (unpaired) electrons. The van der Waals surface area contributed by atoms with E-state index in [2.05, 4.69) is 20.1 Å². The van der Waals surface area contributed by atoms with Crippen molar-refractivity contribution in [2.75, 3.05) is 24.6 Å². The molecule has 150 valence electrons. The third-order valence-electron chi connectivity index (χ3n) is 5.66. The second-order valence-corrected chi connectivity index (χ2v) is 8.02. The van der Waals surface area contributed by atoms with Crippen molar-refractivity contribution >= 4 is 17.3 Å². The van der Waals surface area contributed by atoms with Crippen LogP contribution < -0.4 is 10.5 Å². The Hall–Kier alpha value is -2.71. The Kier molecular flexibility index (Phi) is 4.40. The lowest BCUT2D eigenvalue weighted by Gasteiger charge is -2.48. The van der Waals surface area contributed by atoms with Gasteiger partial charge in [-0.3, -0.25) is 4.79 Å². The number of pyridine rings is 1. The zero-order valence-corrected chi connectivity index (χ0v) is 16.7. The van der Waals surface area contributed by atoms with Crippen molar-refractivity contribution in [3.05, 3.63) is 57.4 Å². The van der Waals surface area contributed by atoms with E-state index in [1.165, 1.54) is 4.68 Å². The molecule has 0 N–H and O–H groups in total. The number of rotatable bonds is 4. The summed E-state index contributed by atoms with van der Waals surface area (Å²) in [6, 6.07) is 5.14. The molecule has 5 heterocycles. The van der Waals surface area contributed by atoms with Crippen molar-refractivity contribution in [2.24, 2.45) is 0 Å². The molecule has 29 heavy (non-hydrogen) atoms. The van der Waals surface area contributed by atoms with E-state index in [-0.39, 0.29) is 17.7 Å². The lowest BCUT2D eigenvalue weighted by molar-refractivity contribution is -0.0181. The van der Waals surface area contributed by atoms with Crippen molar-refractivity contribution in [1.82, 2.24) is 19.9 Å². The second kappa shape index (κ2) is 6.96. The third kappa shape index (κ3) is 3.32. The standard InChI is InChI=1S/C20H20ClN5O3/c1-13-16(19(24-29-13)14-3-4-17(21)22-8-14)10-26-18(27)7-15(9-23-26)25-11-20(12-25)5-2-6-28-20/h3-4,7-9H,2,5-6,10-12H2,1H3. The molecule has 5 rings (SSSR count). The van der Waals surface area contributed by atoms with Gasteiger partial charge in [-0.1, -0.05) is 16.8 Å². The van der Waals surface area contributed by atoms with Crippen LogP contribution in [0, 0.1) is 6.92 Å². The van der Waals surface area contributed by atoms with E-state index in [1.807, 2.05) is 13.0 Å². The normalized spacial score (nSPS) is 17.7. The molecule has 8 nitrogen and oxygen atoms in total. The van der Waals surface area contributed by atoms with E-state index < -0.39 is 0 Å². The smallest absolute Gasteiger partial charge is 0.269 e. The predicted octanol–water partition coefficient (Wildman–Crippen LogP) is 2.67. The monoisotopic (exact) mass is 413 g/mol. The van der Waals surface area contributed by atoms with Gasteiger partial charge in [0.2, 0.25) is 0 Å². The number of anilines is 1. The van der Waals surface area contributed by atoms with Crippen LogP contribution in [0.4, 0.5) is 5.69 Å². The number of halogens is 1. The van der Waals surface area contributed by atoms with E-state index in [4.69, 9.17) is 20.9 Å². The van der Waals surface area contributed by atoms with Crippen LogP contribution in [-0.2, 0) is 11.3 Å². The summed E-state index contributed by atoms with van der Waals surface area (Å²) in [5, 5.41) is 8.91. The summed E-state index contributed by atoms with van der Waals surface area (Å²) in [5.74, 6) is 0.635. The summed E-state index contributed by atoms with van der Waals surface area (Å²) in [7, 11) is 0. The van der Waals surface area contributed by atoms with E-state index in [0.29, 0.717) is 16.6 Å². The highest BCUT2D eigenvalue weighted by Crippen LogP contribution is 2.37. The van der Waals surface area contributed by atoms with E-state index in [0.717, 1.165) is 49.4 Å². The first-order valence-electron chi connectivity index (χ1n) is 9.56. The Morgan fingerprint density at radius 1 is 1.28 bits per heavy atom. The van der Waals surface area contributed by atoms with Gasteiger partial charge < -0.3 is 14.2 Å². The fourth-order valence-corrected chi connectivity index (χ4v) is 4.13.